The molecule has 0 bridgehead atoms. The normalized spacial score (nSPS) is 20.1. The molecule has 1 aliphatic carbocycles. The van der Waals surface area contributed by atoms with Crippen molar-refractivity contribution in [1.29, 1.82) is 0 Å². The predicted octanol–water partition coefficient (Wildman–Crippen LogP) is 5.36. The maximum Gasteiger partial charge on any atom is 0.251 e. The van der Waals surface area contributed by atoms with Gasteiger partial charge in [-0.05, 0) is 73.9 Å². The van der Waals surface area contributed by atoms with Crippen LogP contribution in [0.25, 0.3) is 0 Å². The highest BCUT2D eigenvalue weighted by molar-refractivity contribution is 8.25. The summed E-state index contributed by atoms with van der Waals surface area (Å²) in [5, 5.41) is 21.3. The fourth-order valence-electron chi connectivity index (χ4n) is 5.88. The molecule has 6 N–H and O–H groups in total. The van der Waals surface area contributed by atoms with Crippen LogP contribution in [0.3, 0.4) is 0 Å². The van der Waals surface area contributed by atoms with Crippen LogP contribution in [-0.4, -0.2) is 57.7 Å². The van der Waals surface area contributed by atoms with E-state index in [0.29, 0.717) is 43.1 Å². The first-order chi connectivity index (χ1) is 19.8. The van der Waals surface area contributed by atoms with Crippen LogP contribution in [0.2, 0.25) is 0 Å². The number of aliphatic hydroxyl groups excluding tert-OH is 1. The number of rotatable bonds is 11. The molecular formula is C32H42N4O4S. The number of aryl methyl sites for hydroxylation is 1. The van der Waals surface area contributed by atoms with Crippen molar-refractivity contribution in [2.24, 2.45) is 0 Å². The summed E-state index contributed by atoms with van der Waals surface area (Å²) in [6, 6.07) is 23.3. The van der Waals surface area contributed by atoms with E-state index in [1.54, 1.807) is 16.4 Å². The summed E-state index contributed by atoms with van der Waals surface area (Å²) in [6.07, 6.45) is 3.27. The van der Waals surface area contributed by atoms with Gasteiger partial charge in [0.25, 0.3) is 5.91 Å². The molecule has 0 radical (unpaired) electrons. The smallest absolute Gasteiger partial charge is 0.251 e. The molecule has 9 heteroatoms. The van der Waals surface area contributed by atoms with Crippen molar-refractivity contribution in [3.05, 3.63) is 95.1 Å². The van der Waals surface area contributed by atoms with Crippen molar-refractivity contribution in [3.63, 3.8) is 0 Å². The van der Waals surface area contributed by atoms with Crippen molar-refractivity contribution < 1.29 is 19.0 Å². The van der Waals surface area contributed by atoms with Crippen molar-refractivity contribution in [2.45, 2.75) is 57.2 Å². The van der Waals surface area contributed by atoms with Gasteiger partial charge in [-0.25, -0.2) is 0 Å². The van der Waals surface area contributed by atoms with Gasteiger partial charge in [-0.1, -0.05) is 54.6 Å². The highest BCUT2D eigenvalue weighted by Gasteiger charge is 2.29. The molecule has 5 rings (SSSR count). The first kappa shape index (κ1) is 29.4. The Morgan fingerprint density at radius 1 is 1.05 bits per heavy atom. The van der Waals surface area contributed by atoms with Crippen LogP contribution in [0.1, 0.15) is 59.3 Å². The molecule has 3 atom stereocenters. The monoisotopic (exact) mass is 578 g/mol. The van der Waals surface area contributed by atoms with E-state index in [-0.39, 0.29) is 11.9 Å². The van der Waals surface area contributed by atoms with E-state index in [0.717, 1.165) is 36.9 Å². The third kappa shape index (κ3) is 7.23. The van der Waals surface area contributed by atoms with Crippen molar-refractivity contribution >= 4 is 28.1 Å². The third-order valence-corrected chi connectivity index (χ3v) is 9.95. The lowest BCUT2D eigenvalue weighted by molar-refractivity contribution is 0.0824. The van der Waals surface area contributed by atoms with Gasteiger partial charge in [0.2, 0.25) is 0 Å². The van der Waals surface area contributed by atoms with Crippen LogP contribution >= 0.6 is 10.8 Å². The number of hydrogen-bond acceptors (Lipinski definition) is 7. The number of hydrogen-bond donors (Lipinski definition) is 6. The summed E-state index contributed by atoms with van der Waals surface area (Å²) < 4.78 is 23.1. The average Bonchev–Trinajstić information content (AvgIpc) is 3.39. The number of carbonyl (C=O) groups is 1. The molecule has 1 saturated heterocycles. The number of nitrogens with zero attached hydrogens (tertiary/aromatic N) is 1. The number of anilines is 2. The van der Waals surface area contributed by atoms with Crippen LogP contribution in [0.5, 0.6) is 0 Å². The Hall–Kier alpha value is -3.08. The SMILES string of the molecule is CCNc1cc(C(=O)N[C@@H](Cc2ccccc2)[C@H](O)CN[C@H]2CCc3ccccc32)cc(N2CCCCS2(O)O)c1. The molecule has 0 aromatic heterocycles. The van der Waals surface area contributed by atoms with Crippen LogP contribution in [-0.2, 0) is 12.8 Å². The van der Waals surface area contributed by atoms with E-state index in [1.807, 2.05) is 49.4 Å². The van der Waals surface area contributed by atoms with Crippen molar-refractivity contribution in [2.75, 3.05) is 35.0 Å². The Bertz CT molecular complexity index is 1320. The summed E-state index contributed by atoms with van der Waals surface area (Å²) in [4.78, 5) is 13.7. The molecule has 220 valence electrons. The first-order valence-corrected chi connectivity index (χ1v) is 16.3. The minimum atomic E-state index is -2.94. The van der Waals surface area contributed by atoms with Gasteiger partial charge in [-0.3, -0.25) is 18.2 Å². The van der Waals surface area contributed by atoms with Gasteiger partial charge in [0.15, 0.2) is 0 Å². The third-order valence-electron chi connectivity index (χ3n) is 8.02. The molecule has 0 saturated carbocycles. The Kier molecular flexibility index (Phi) is 9.52. The molecular weight excluding hydrogens is 536 g/mol. The van der Waals surface area contributed by atoms with E-state index < -0.39 is 22.9 Å². The summed E-state index contributed by atoms with van der Waals surface area (Å²) in [6.45, 7) is 3.49. The fourth-order valence-corrected chi connectivity index (χ4v) is 7.55. The zero-order valence-electron chi connectivity index (χ0n) is 23.6. The van der Waals surface area contributed by atoms with E-state index in [1.165, 1.54) is 11.1 Å². The second-order valence-electron chi connectivity index (χ2n) is 11.0. The summed E-state index contributed by atoms with van der Waals surface area (Å²) in [5.41, 5.74) is 5.39. The van der Waals surface area contributed by atoms with Gasteiger partial charge in [-0.2, -0.15) is 0 Å². The minimum absolute atomic E-state index is 0.178. The van der Waals surface area contributed by atoms with Gasteiger partial charge >= 0.3 is 0 Å². The number of amides is 1. The number of benzene rings is 3. The van der Waals surface area contributed by atoms with Gasteiger partial charge in [0, 0.05) is 36.9 Å². The maximum absolute atomic E-state index is 13.7. The van der Waals surface area contributed by atoms with E-state index in [9.17, 15) is 19.0 Å². The lowest BCUT2D eigenvalue weighted by atomic mass is 9.99. The lowest BCUT2D eigenvalue weighted by Gasteiger charge is -2.47. The standard InChI is InChI=1S/C32H42N4O4S/c1-2-33-26-19-25(20-27(21-26)36-16-8-9-17-41(36,39)40)32(38)35-30(18-23-10-4-3-5-11-23)31(37)22-34-29-15-14-24-12-6-7-13-28(24)29/h3-7,10-13,19-21,29-31,33-34,37,39-40H,2,8-9,14-18,22H2,1H3,(H,35,38)/t29-,30-,31+/m0/s1. The molecule has 41 heavy (non-hydrogen) atoms. The summed E-state index contributed by atoms with van der Waals surface area (Å²) in [7, 11) is -2.94. The zero-order valence-corrected chi connectivity index (χ0v) is 24.4. The van der Waals surface area contributed by atoms with Crippen LogP contribution in [0.15, 0.2) is 72.8 Å². The van der Waals surface area contributed by atoms with Gasteiger partial charge in [0.05, 0.1) is 23.6 Å². The topological polar surface area (TPSA) is 117 Å². The Labute approximate surface area is 244 Å². The van der Waals surface area contributed by atoms with E-state index in [2.05, 4.69) is 34.1 Å². The van der Waals surface area contributed by atoms with Gasteiger partial charge < -0.3 is 21.1 Å². The summed E-state index contributed by atoms with van der Waals surface area (Å²) in [5.74, 6) is 0.00901. The largest absolute Gasteiger partial charge is 0.390 e. The molecule has 0 spiro atoms. The Morgan fingerprint density at radius 3 is 2.61 bits per heavy atom. The molecule has 2 aliphatic rings. The highest BCUT2D eigenvalue weighted by Crippen LogP contribution is 2.50. The number of carbonyl (C=O) groups excluding carboxylic acids is 1. The second kappa shape index (κ2) is 13.3. The number of aliphatic hydroxyl groups is 1. The number of nitrogens with one attached hydrogen (secondary N) is 3. The zero-order chi connectivity index (χ0) is 28.8. The van der Waals surface area contributed by atoms with Crippen LogP contribution in [0, 0.1) is 0 Å². The molecule has 1 amide bonds. The Balaban J connectivity index is 1.35. The minimum Gasteiger partial charge on any atom is -0.390 e. The molecule has 3 aromatic rings. The molecule has 1 fully saturated rings. The predicted molar refractivity (Wildman–Crippen MR) is 168 cm³/mol. The van der Waals surface area contributed by atoms with Crippen LogP contribution < -0.4 is 20.3 Å². The molecule has 1 heterocycles. The Morgan fingerprint density at radius 2 is 1.83 bits per heavy atom. The van der Waals surface area contributed by atoms with E-state index in [4.69, 9.17) is 0 Å². The van der Waals surface area contributed by atoms with E-state index >= 15 is 0 Å². The summed E-state index contributed by atoms with van der Waals surface area (Å²) >= 11 is 0. The second-order valence-corrected chi connectivity index (χ2v) is 13.1. The van der Waals surface area contributed by atoms with Gasteiger partial charge in [0.1, 0.15) is 0 Å². The van der Waals surface area contributed by atoms with Gasteiger partial charge in [-0.15, -0.1) is 10.8 Å². The fraction of sp³-hybridized carbons (Fsp3) is 0.406. The molecule has 0 unspecified atom stereocenters. The van der Waals surface area contributed by atoms with Crippen molar-refractivity contribution in [1.82, 2.24) is 10.6 Å². The first-order valence-electron chi connectivity index (χ1n) is 14.6. The highest BCUT2D eigenvalue weighted by atomic mass is 32.3. The maximum atomic E-state index is 13.7. The molecule has 1 aliphatic heterocycles. The van der Waals surface area contributed by atoms with Crippen molar-refractivity contribution in [3.8, 4) is 0 Å². The number of fused-ring (bicyclic) bond motifs is 1. The average molecular weight is 579 g/mol. The quantitative estimate of drug-likeness (QED) is 0.181. The lowest BCUT2D eigenvalue weighted by Crippen LogP contribution is -2.49. The molecule has 8 nitrogen and oxygen atoms in total. The molecule has 3 aromatic carbocycles. The van der Waals surface area contributed by atoms with Crippen LogP contribution in [0.4, 0.5) is 11.4 Å².